The van der Waals surface area contributed by atoms with Gasteiger partial charge in [0.25, 0.3) is 5.91 Å². The molecule has 11 nitrogen and oxygen atoms in total. The Morgan fingerprint density at radius 2 is 1.71 bits per heavy atom. The van der Waals surface area contributed by atoms with Crippen molar-refractivity contribution in [2.75, 3.05) is 51.8 Å². The lowest BCUT2D eigenvalue weighted by molar-refractivity contribution is 0.0729. The molecule has 55 heavy (non-hydrogen) atoms. The third-order valence-electron chi connectivity index (χ3n) is 10.9. The summed E-state index contributed by atoms with van der Waals surface area (Å²) in [5, 5.41) is 9.37. The highest BCUT2D eigenvalue weighted by atomic mass is 19.1. The van der Waals surface area contributed by atoms with Crippen molar-refractivity contribution in [3.8, 4) is 11.1 Å². The molecular formula is C43H51FN8O3. The van der Waals surface area contributed by atoms with Crippen LogP contribution in [0.4, 0.5) is 10.1 Å². The van der Waals surface area contributed by atoms with Crippen LogP contribution < -0.4 is 11.1 Å². The molecule has 7 rings (SSSR count). The minimum absolute atomic E-state index is 0.177. The molecule has 2 amide bonds. The topological polar surface area (TPSA) is 122 Å². The van der Waals surface area contributed by atoms with E-state index in [1.54, 1.807) is 29.2 Å². The number of anilines is 1. The normalized spacial score (nSPS) is 15.7. The first-order valence-electron chi connectivity index (χ1n) is 19.4. The Morgan fingerprint density at radius 1 is 0.945 bits per heavy atom. The number of hydrogen-bond acceptors (Lipinski definition) is 8. The SMILES string of the molecule is CCc1nc2c(cnn2CC)c(NC2CCOCC2)c1CN(Cc1ccc(F)c(-c2cccc(CN3CCN(C)CC3)c2)c1)C(=O)c1cccc(C(N)=O)c1. The lowest BCUT2D eigenvalue weighted by Crippen LogP contribution is -2.43. The Bertz CT molecular complexity index is 2160. The Kier molecular flexibility index (Phi) is 11.8. The minimum atomic E-state index is -0.613. The summed E-state index contributed by atoms with van der Waals surface area (Å²) in [6.07, 6.45) is 4.18. The number of hydrogen-bond donors (Lipinski definition) is 2. The predicted octanol–water partition coefficient (Wildman–Crippen LogP) is 6.10. The molecule has 2 aliphatic heterocycles. The molecule has 3 N–H and O–H groups in total. The highest BCUT2D eigenvalue weighted by molar-refractivity contribution is 5.99. The lowest BCUT2D eigenvalue weighted by atomic mass is 9.99. The molecule has 0 saturated carbocycles. The second kappa shape index (κ2) is 17.1. The zero-order chi connectivity index (χ0) is 38.5. The maximum atomic E-state index is 15.7. The number of primary amides is 1. The van der Waals surface area contributed by atoms with Crippen LogP contribution in [0.5, 0.6) is 0 Å². The van der Waals surface area contributed by atoms with Gasteiger partial charge in [-0.3, -0.25) is 14.5 Å². The number of piperazine rings is 1. The van der Waals surface area contributed by atoms with Gasteiger partial charge < -0.3 is 25.6 Å². The zero-order valence-electron chi connectivity index (χ0n) is 32.1. The van der Waals surface area contributed by atoms with Crippen molar-refractivity contribution in [3.63, 3.8) is 0 Å². The number of aryl methyl sites for hydroxylation is 2. The van der Waals surface area contributed by atoms with Gasteiger partial charge in [-0.15, -0.1) is 0 Å². The number of ether oxygens (including phenoxy) is 1. The van der Waals surface area contributed by atoms with E-state index < -0.39 is 5.91 Å². The number of likely N-dealkylation sites (N-methyl/N-ethyl adjacent to an activating group) is 1. The number of pyridine rings is 1. The second-order valence-electron chi connectivity index (χ2n) is 14.7. The van der Waals surface area contributed by atoms with Gasteiger partial charge in [0.15, 0.2) is 5.65 Å². The fourth-order valence-corrected chi connectivity index (χ4v) is 7.67. The molecule has 288 valence electrons. The predicted molar refractivity (Wildman–Crippen MR) is 213 cm³/mol. The monoisotopic (exact) mass is 746 g/mol. The Labute approximate surface area is 322 Å². The molecule has 4 heterocycles. The van der Waals surface area contributed by atoms with Crippen LogP contribution in [0.15, 0.2) is 72.9 Å². The Morgan fingerprint density at radius 3 is 2.45 bits per heavy atom. The molecule has 0 spiro atoms. The lowest BCUT2D eigenvalue weighted by Gasteiger charge is -2.32. The molecule has 2 saturated heterocycles. The average Bonchev–Trinajstić information content (AvgIpc) is 3.63. The van der Waals surface area contributed by atoms with E-state index in [0.29, 0.717) is 37.3 Å². The van der Waals surface area contributed by atoms with E-state index in [9.17, 15) is 9.59 Å². The molecule has 12 heteroatoms. The summed E-state index contributed by atoms with van der Waals surface area (Å²) >= 11 is 0. The summed E-state index contributed by atoms with van der Waals surface area (Å²) < 4.78 is 23.3. The summed E-state index contributed by atoms with van der Waals surface area (Å²) in [6.45, 7) is 11.3. The number of nitrogens with zero attached hydrogens (tertiary/aromatic N) is 6. The van der Waals surface area contributed by atoms with E-state index in [0.717, 1.165) is 90.2 Å². The Hall–Kier alpha value is -5.17. The number of nitrogens with two attached hydrogens (primary N) is 1. The van der Waals surface area contributed by atoms with Gasteiger partial charge in [0.05, 0.1) is 23.8 Å². The van der Waals surface area contributed by atoms with Crippen LogP contribution in [-0.4, -0.2) is 93.8 Å². The zero-order valence-corrected chi connectivity index (χ0v) is 32.1. The average molecular weight is 747 g/mol. The van der Waals surface area contributed by atoms with E-state index in [-0.39, 0.29) is 36.4 Å². The van der Waals surface area contributed by atoms with Crippen LogP contribution in [0.25, 0.3) is 22.2 Å². The standard InChI is InChI=1S/C43H51FN8O3/c1-4-39-37(40(47-34-14-20-55-21-15-34)36-25-46-52(5-2)42(36)48-39)28-51(43(54)33-11-7-10-32(24-33)41(45)53)27-30-12-13-38(44)35(23-30)31-9-6-8-29(22-31)26-50-18-16-49(3)17-19-50/h6-13,22-25,34H,4-5,14-21,26-28H2,1-3H3,(H2,45,53)(H,47,48). The third-order valence-corrected chi connectivity index (χ3v) is 10.9. The molecule has 0 aliphatic carbocycles. The van der Waals surface area contributed by atoms with Crippen LogP contribution in [0, 0.1) is 5.82 Å². The van der Waals surface area contributed by atoms with E-state index in [4.69, 9.17) is 15.5 Å². The van der Waals surface area contributed by atoms with E-state index in [2.05, 4.69) is 46.3 Å². The van der Waals surface area contributed by atoms with Gasteiger partial charge in [-0.25, -0.2) is 14.1 Å². The summed E-state index contributed by atoms with van der Waals surface area (Å²) in [4.78, 5) is 38.4. The molecule has 2 fully saturated rings. The maximum Gasteiger partial charge on any atom is 0.254 e. The van der Waals surface area contributed by atoms with Gasteiger partial charge in [0.1, 0.15) is 5.82 Å². The number of benzene rings is 3. The first-order chi connectivity index (χ1) is 26.7. The molecule has 0 bridgehead atoms. The highest BCUT2D eigenvalue weighted by Gasteiger charge is 2.26. The summed E-state index contributed by atoms with van der Waals surface area (Å²) in [5.41, 5.74) is 12.8. The molecular weight excluding hydrogens is 696 g/mol. The first-order valence-corrected chi connectivity index (χ1v) is 19.4. The number of amides is 2. The number of nitrogens with one attached hydrogen (secondary N) is 1. The molecule has 3 aromatic carbocycles. The van der Waals surface area contributed by atoms with Crippen molar-refractivity contribution in [2.24, 2.45) is 5.73 Å². The van der Waals surface area contributed by atoms with Gasteiger partial charge in [-0.05, 0) is 86.3 Å². The van der Waals surface area contributed by atoms with Crippen molar-refractivity contribution >= 4 is 28.5 Å². The van der Waals surface area contributed by atoms with Crippen molar-refractivity contribution < 1.29 is 18.7 Å². The number of aromatic nitrogens is 3. The van der Waals surface area contributed by atoms with Gasteiger partial charge in [-0.1, -0.05) is 37.3 Å². The molecule has 0 atom stereocenters. The van der Waals surface area contributed by atoms with E-state index in [1.165, 1.54) is 12.1 Å². The van der Waals surface area contributed by atoms with Gasteiger partial charge in [0.2, 0.25) is 5.91 Å². The molecule has 2 aliphatic rings. The quantitative estimate of drug-likeness (QED) is 0.148. The number of rotatable bonds is 13. The highest BCUT2D eigenvalue weighted by Crippen LogP contribution is 2.34. The van der Waals surface area contributed by atoms with Gasteiger partial charge in [-0.2, -0.15) is 5.10 Å². The minimum Gasteiger partial charge on any atom is -0.381 e. The summed E-state index contributed by atoms with van der Waals surface area (Å²) in [6, 6.07) is 19.8. The number of fused-ring (bicyclic) bond motifs is 1. The number of carbonyl (C=O) groups excluding carboxylic acids is 2. The van der Waals surface area contributed by atoms with Crippen LogP contribution in [0.3, 0.4) is 0 Å². The smallest absolute Gasteiger partial charge is 0.254 e. The van der Waals surface area contributed by atoms with Crippen molar-refractivity contribution in [2.45, 2.75) is 65.3 Å². The van der Waals surface area contributed by atoms with Crippen molar-refractivity contribution in [1.29, 1.82) is 0 Å². The number of halogens is 1. The first kappa shape index (κ1) is 38.1. The van der Waals surface area contributed by atoms with Gasteiger partial charge in [0, 0.05) is 93.0 Å². The van der Waals surface area contributed by atoms with Crippen LogP contribution in [0.1, 0.15) is 69.8 Å². The van der Waals surface area contributed by atoms with Crippen molar-refractivity contribution in [1.82, 2.24) is 29.5 Å². The largest absolute Gasteiger partial charge is 0.381 e. The molecule has 0 unspecified atom stereocenters. The molecule has 5 aromatic rings. The van der Waals surface area contributed by atoms with E-state index in [1.807, 2.05) is 36.0 Å². The number of carbonyl (C=O) groups is 2. The van der Waals surface area contributed by atoms with Crippen LogP contribution in [0.2, 0.25) is 0 Å². The maximum absolute atomic E-state index is 15.7. The van der Waals surface area contributed by atoms with Crippen molar-refractivity contribution in [3.05, 3.63) is 112 Å². The Balaban J connectivity index is 1.27. The van der Waals surface area contributed by atoms with Crippen LogP contribution in [-0.2, 0) is 37.3 Å². The second-order valence-corrected chi connectivity index (χ2v) is 14.7. The summed E-state index contributed by atoms with van der Waals surface area (Å²) in [7, 11) is 2.14. The van der Waals surface area contributed by atoms with Gasteiger partial charge >= 0.3 is 0 Å². The summed E-state index contributed by atoms with van der Waals surface area (Å²) in [5.74, 6) is -1.23. The fourth-order valence-electron chi connectivity index (χ4n) is 7.67. The molecule has 0 radical (unpaired) electrons. The third kappa shape index (κ3) is 8.72. The van der Waals surface area contributed by atoms with E-state index >= 15 is 4.39 Å². The molecule has 2 aromatic heterocycles. The van der Waals surface area contributed by atoms with Crippen LogP contribution >= 0.6 is 0 Å². The fraction of sp³-hybridized carbons (Fsp3) is 0.395.